The molecule has 0 radical (unpaired) electrons. The Balaban J connectivity index is 1.42. The van der Waals surface area contributed by atoms with E-state index in [1.165, 1.54) is 0 Å². The molecule has 0 unspecified atom stereocenters. The zero-order valence-electron chi connectivity index (χ0n) is 21.1. The molecular formula is C29H27N7O2. The molecule has 0 saturated heterocycles. The first-order valence-electron chi connectivity index (χ1n) is 12.2. The molecule has 190 valence electrons. The van der Waals surface area contributed by atoms with Crippen molar-refractivity contribution < 1.29 is 9.59 Å². The number of imidazole rings is 1. The number of hydrogen-bond acceptors (Lipinski definition) is 7. The summed E-state index contributed by atoms with van der Waals surface area (Å²) in [7, 11) is 1.89. The first kappa shape index (κ1) is 24.8. The van der Waals surface area contributed by atoms with Crippen LogP contribution in [0.25, 0.3) is 16.8 Å². The Labute approximate surface area is 220 Å². The molecule has 2 aromatic carbocycles. The van der Waals surface area contributed by atoms with Crippen molar-refractivity contribution in [3.63, 3.8) is 0 Å². The Kier molecular flexibility index (Phi) is 6.92. The predicted molar refractivity (Wildman–Crippen MR) is 147 cm³/mol. The second-order valence-electron chi connectivity index (χ2n) is 8.98. The smallest absolute Gasteiger partial charge is 0.256 e. The third-order valence-corrected chi connectivity index (χ3v) is 6.46. The average molecular weight is 506 g/mol. The van der Waals surface area contributed by atoms with Gasteiger partial charge in [-0.15, -0.1) is 0 Å². The Morgan fingerprint density at radius 2 is 1.68 bits per heavy atom. The van der Waals surface area contributed by atoms with Crippen molar-refractivity contribution in [3.05, 3.63) is 108 Å². The van der Waals surface area contributed by atoms with Crippen LogP contribution in [-0.2, 0) is 0 Å². The minimum Gasteiger partial charge on any atom is -0.382 e. The summed E-state index contributed by atoms with van der Waals surface area (Å²) in [5.41, 5.74) is 9.56. The van der Waals surface area contributed by atoms with Gasteiger partial charge in [-0.05, 0) is 38.2 Å². The van der Waals surface area contributed by atoms with Crippen LogP contribution in [0.4, 0.5) is 11.6 Å². The molecule has 1 atom stereocenters. The van der Waals surface area contributed by atoms with Crippen LogP contribution < -0.4 is 11.1 Å². The number of rotatable bonds is 8. The van der Waals surface area contributed by atoms with E-state index in [-0.39, 0.29) is 24.3 Å². The molecule has 3 aromatic heterocycles. The number of amides is 1. The number of likely N-dealkylation sites (N-methyl/N-ethyl adjacent to an activating group) is 1. The number of pyridine rings is 1. The molecular weight excluding hydrogens is 478 g/mol. The number of hydrogen-bond donors (Lipinski definition) is 2. The van der Waals surface area contributed by atoms with E-state index in [2.05, 4.69) is 15.3 Å². The molecule has 5 aromatic rings. The van der Waals surface area contributed by atoms with E-state index in [4.69, 9.17) is 10.7 Å². The van der Waals surface area contributed by atoms with Gasteiger partial charge in [0.15, 0.2) is 5.78 Å². The van der Waals surface area contributed by atoms with Gasteiger partial charge in [0.05, 0.1) is 12.6 Å². The third kappa shape index (κ3) is 5.00. The maximum absolute atomic E-state index is 12.8. The van der Waals surface area contributed by atoms with Crippen molar-refractivity contribution >= 4 is 28.8 Å². The van der Waals surface area contributed by atoms with Gasteiger partial charge in [0, 0.05) is 35.3 Å². The summed E-state index contributed by atoms with van der Waals surface area (Å²) >= 11 is 0. The van der Waals surface area contributed by atoms with Crippen molar-refractivity contribution in [3.8, 4) is 11.3 Å². The first-order chi connectivity index (χ1) is 18.4. The normalized spacial score (nSPS) is 12.0. The van der Waals surface area contributed by atoms with Gasteiger partial charge in [0.2, 0.25) is 0 Å². The molecule has 0 fully saturated rings. The molecule has 0 aliphatic rings. The average Bonchev–Trinajstić information content (AvgIpc) is 3.34. The van der Waals surface area contributed by atoms with Gasteiger partial charge >= 0.3 is 0 Å². The van der Waals surface area contributed by atoms with E-state index in [0.717, 1.165) is 11.4 Å². The van der Waals surface area contributed by atoms with Crippen molar-refractivity contribution in [1.82, 2.24) is 24.3 Å². The minimum absolute atomic E-state index is 0.0294. The second kappa shape index (κ2) is 10.6. The number of nitrogens with two attached hydrogens (primary N) is 1. The quantitative estimate of drug-likeness (QED) is 0.298. The molecule has 5 rings (SSSR count). The van der Waals surface area contributed by atoms with E-state index >= 15 is 0 Å². The zero-order valence-corrected chi connectivity index (χ0v) is 21.1. The Morgan fingerprint density at radius 3 is 2.39 bits per heavy atom. The summed E-state index contributed by atoms with van der Waals surface area (Å²) in [4.78, 5) is 40.8. The van der Waals surface area contributed by atoms with Crippen molar-refractivity contribution in [2.75, 3.05) is 24.6 Å². The Bertz CT molecular complexity index is 1580. The number of nitrogens with zero attached hydrogens (tertiary/aromatic N) is 5. The Morgan fingerprint density at radius 1 is 0.947 bits per heavy atom. The molecule has 0 saturated carbocycles. The van der Waals surface area contributed by atoms with E-state index in [0.29, 0.717) is 34.0 Å². The number of aromatic nitrogens is 4. The van der Waals surface area contributed by atoms with Gasteiger partial charge in [-0.3, -0.25) is 18.9 Å². The van der Waals surface area contributed by atoms with Crippen molar-refractivity contribution in [2.24, 2.45) is 0 Å². The number of benzene rings is 2. The van der Waals surface area contributed by atoms with Crippen LogP contribution in [0.2, 0.25) is 0 Å². The van der Waals surface area contributed by atoms with Gasteiger partial charge in [0.1, 0.15) is 28.7 Å². The largest absolute Gasteiger partial charge is 0.382 e. The fraction of sp³-hybridized carbons (Fsp3) is 0.138. The highest BCUT2D eigenvalue weighted by Gasteiger charge is 2.24. The molecule has 9 heteroatoms. The summed E-state index contributed by atoms with van der Waals surface area (Å²) in [6.07, 6.45) is 5.06. The SMILES string of the molecule is C[C@@H](c1nc(-c2ccc(C(=O)Nc3ccccn3)cc2)c2c(N)nccn12)N(C)CC(=O)c1ccccc1. The molecule has 1 amide bonds. The van der Waals surface area contributed by atoms with Crippen LogP contribution in [0.15, 0.2) is 91.4 Å². The lowest BCUT2D eigenvalue weighted by atomic mass is 10.1. The van der Waals surface area contributed by atoms with E-state index in [9.17, 15) is 9.59 Å². The summed E-state index contributed by atoms with van der Waals surface area (Å²) in [5, 5.41) is 2.78. The lowest BCUT2D eigenvalue weighted by Gasteiger charge is -2.23. The van der Waals surface area contributed by atoms with Crippen LogP contribution in [0.1, 0.15) is 39.5 Å². The van der Waals surface area contributed by atoms with Crippen LogP contribution in [-0.4, -0.2) is 49.5 Å². The number of nitrogen functional groups attached to an aromatic ring is 1. The minimum atomic E-state index is -0.259. The van der Waals surface area contributed by atoms with Gasteiger partial charge in [-0.1, -0.05) is 48.5 Å². The molecule has 3 heterocycles. The maximum atomic E-state index is 12.8. The summed E-state index contributed by atoms with van der Waals surface area (Å²) in [6.45, 7) is 2.23. The number of ketones is 1. The van der Waals surface area contributed by atoms with E-state index < -0.39 is 0 Å². The molecule has 9 nitrogen and oxygen atoms in total. The maximum Gasteiger partial charge on any atom is 0.256 e. The second-order valence-corrected chi connectivity index (χ2v) is 8.98. The molecule has 3 N–H and O–H groups in total. The fourth-order valence-electron chi connectivity index (χ4n) is 4.26. The molecule has 0 spiro atoms. The van der Waals surface area contributed by atoms with Gasteiger partial charge in [-0.2, -0.15) is 0 Å². The van der Waals surface area contributed by atoms with Gasteiger partial charge in [-0.25, -0.2) is 15.0 Å². The van der Waals surface area contributed by atoms with E-state index in [1.54, 1.807) is 36.7 Å². The lowest BCUT2D eigenvalue weighted by Crippen LogP contribution is -2.30. The number of anilines is 2. The summed E-state index contributed by atoms with van der Waals surface area (Å²) in [5.74, 6) is 1.32. The van der Waals surface area contributed by atoms with Crippen LogP contribution in [0, 0.1) is 0 Å². The molecule has 0 aliphatic heterocycles. The monoisotopic (exact) mass is 505 g/mol. The van der Waals surface area contributed by atoms with Gasteiger partial charge < -0.3 is 11.1 Å². The Hall–Kier alpha value is -4.89. The highest BCUT2D eigenvalue weighted by atomic mass is 16.1. The number of Topliss-reactive ketones (excluding diaryl/α,β-unsaturated/α-hetero) is 1. The van der Waals surface area contributed by atoms with Crippen LogP contribution in [0.3, 0.4) is 0 Å². The molecule has 0 bridgehead atoms. The molecule has 38 heavy (non-hydrogen) atoms. The number of fused-ring (bicyclic) bond motifs is 1. The highest BCUT2D eigenvalue weighted by Crippen LogP contribution is 2.31. The summed E-state index contributed by atoms with van der Waals surface area (Å²) in [6, 6.07) is 21.5. The number of carbonyl (C=O) groups is 2. The topological polar surface area (TPSA) is 119 Å². The zero-order chi connectivity index (χ0) is 26.6. The first-order valence-corrected chi connectivity index (χ1v) is 12.2. The summed E-state index contributed by atoms with van der Waals surface area (Å²) < 4.78 is 1.91. The van der Waals surface area contributed by atoms with Crippen LogP contribution >= 0.6 is 0 Å². The lowest BCUT2D eigenvalue weighted by molar-refractivity contribution is 0.0921. The van der Waals surface area contributed by atoms with Crippen molar-refractivity contribution in [2.45, 2.75) is 13.0 Å². The fourth-order valence-corrected chi connectivity index (χ4v) is 4.26. The van der Waals surface area contributed by atoms with Gasteiger partial charge in [0.25, 0.3) is 5.91 Å². The van der Waals surface area contributed by atoms with Crippen LogP contribution in [0.5, 0.6) is 0 Å². The van der Waals surface area contributed by atoms with Crippen molar-refractivity contribution in [1.29, 1.82) is 0 Å². The highest BCUT2D eigenvalue weighted by molar-refractivity contribution is 6.04. The van der Waals surface area contributed by atoms with E-state index in [1.807, 2.05) is 78.0 Å². The third-order valence-electron chi connectivity index (χ3n) is 6.46. The molecule has 0 aliphatic carbocycles. The predicted octanol–water partition coefficient (Wildman–Crippen LogP) is 4.50. The standard InChI is InChI=1S/C29H27N7O2/c1-19(35(2)18-23(37)20-8-4-3-5-9-20)28-34-25(26-27(30)32-16-17-36(26)28)21-11-13-22(14-12-21)29(38)33-24-10-6-7-15-31-24/h3-17,19H,18H2,1-2H3,(H2,30,32)(H,31,33,38)/t19-/m0/s1. The number of nitrogens with one attached hydrogen (secondary N) is 1. The number of carbonyl (C=O) groups excluding carboxylic acids is 2.